The van der Waals surface area contributed by atoms with E-state index in [1.807, 2.05) is 0 Å². The van der Waals surface area contributed by atoms with Gasteiger partial charge in [0.25, 0.3) is 0 Å². The summed E-state index contributed by atoms with van der Waals surface area (Å²) in [6, 6.07) is 12.6. The molecular formula is C25H42N4O. The standard InChI is InChI=1S/C25H42N4O/c1-30-21-20-26-16-18-29(19-17-26)25(23-8-4-2-5-9-23)22-27-14-10-24(11-15-27)28-12-6-3-7-13-28/h2,4-5,8-9,24-25H,3,6-7,10-22H2,1H3. The molecule has 3 fully saturated rings. The van der Waals surface area contributed by atoms with Crippen LogP contribution in [-0.2, 0) is 4.74 Å². The quantitative estimate of drug-likeness (QED) is 0.650. The van der Waals surface area contributed by atoms with Gasteiger partial charge < -0.3 is 14.5 Å². The monoisotopic (exact) mass is 414 g/mol. The van der Waals surface area contributed by atoms with Crippen LogP contribution in [-0.4, -0.2) is 105 Å². The molecule has 0 N–H and O–H groups in total. The lowest BCUT2D eigenvalue weighted by molar-refractivity contribution is 0.0445. The van der Waals surface area contributed by atoms with Crippen molar-refractivity contribution in [2.24, 2.45) is 0 Å². The van der Waals surface area contributed by atoms with Gasteiger partial charge in [0.2, 0.25) is 0 Å². The van der Waals surface area contributed by atoms with E-state index in [-0.39, 0.29) is 0 Å². The molecule has 168 valence electrons. The van der Waals surface area contributed by atoms with Crippen molar-refractivity contribution in [3.05, 3.63) is 35.9 Å². The molecule has 4 rings (SSSR count). The molecule has 1 aromatic rings. The minimum atomic E-state index is 0.516. The lowest BCUT2D eigenvalue weighted by Gasteiger charge is -2.44. The number of rotatable bonds is 8. The Bertz CT molecular complexity index is 590. The molecule has 3 saturated heterocycles. The van der Waals surface area contributed by atoms with Crippen LogP contribution in [0.4, 0.5) is 0 Å². The van der Waals surface area contributed by atoms with Gasteiger partial charge in [0.05, 0.1) is 6.61 Å². The Hall–Kier alpha value is -0.980. The van der Waals surface area contributed by atoms with Crippen LogP contribution in [0.5, 0.6) is 0 Å². The van der Waals surface area contributed by atoms with Crippen molar-refractivity contribution in [2.75, 3.05) is 79.2 Å². The van der Waals surface area contributed by atoms with Crippen LogP contribution in [0.3, 0.4) is 0 Å². The Morgan fingerprint density at radius 1 is 0.833 bits per heavy atom. The highest BCUT2D eigenvalue weighted by Gasteiger charge is 2.30. The van der Waals surface area contributed by atoms with Gasteiger partial charge in [-0.1, -0.05) is 36.8 Å². The van der Waals surface area contributed by atoms with E-state index >= 15 is 0 Å². The van der Waals surface area contributed by atoms with Gasteiger partial charge >= 0.3 is 0 Å². The predicted molar refractivity (Wildman–Crippen MR) is 124 cm³/mol. The smallest absolute Gasteiger partial charge is 0.0589 e. The third kappa shape index (κ3) is 6.04. The van der Waals surface area contributed by atoms with Crippen molar-refractivity contribution in [2.45, 2.75) is 44.2 Å². The molecular weight excluding hydrogens is 372 g/mol. The minimum Gasteiger partial charge on any atom is -0.383 e. The summed E-state index contributed by atoms with van der Waals surface area (Å²) in [6.07, 6.45) is 6.96. The van der Waals surface area contributed by atoms with E-state index in [0.717, 1.165) is 45.4 Å². The first kappa shape index (κ1) is 22.2. The van der Waals surface area contributed by atoms with E-state index in [9.17, 15) is 0 Å². The molecule has 0 amide bonds. The number of piperidine rings is 2. The number of hydrogen-bond acceptors (Lipinski definition) is 5. The van der Waals surface area contributed by atoms with Crippen molar-refractivity contribution >= 4 is 0 Å². The molecule has 1 atom stereocenters. The Kier molecular flexibility index (Phi) is 8.58. The molecule has 0 saturated carbocycles. The second kappa shape index (κ2) is 11.6. The van der Waals surface area contributed by atoms with E-state index in [2.05, 4.69) is 49.9 Å². The van der Waals surface area contributed by atoms with Gasteiger partial charge in [0, 0.05) is 58.5 Å². The average molecular weight is 415 g/mol. The van der Waals surface area contributed by atoms with Gasteiger partial charge in [-0.05, 0) is 57.4 Å². The van der Waals surface area contributed by atoms with Gasteiger partial charge in [-0.25, -0.2) is 0 Å². The van der Waals surface area contributed by atoms with Crippen molar-refractivity contribution in [3.63, 3.8) is 0 Å². The summed E-state index contributed by atoms with van der Waals surface area (Å²) in [6.45, 7) is 12.9. The lowest BCUT2D eigenvalue weighted by Crippen LogP contribution is -2.52. The number of methoxy groups -OCH3 is 1. The predicted octanol–water partition coefficient (Wildman–Crippen LogP) is 2.94. The lowest BCUT2D eigenvalue weighted by atomic mass is 9.98. The van der Waals surface area contributed by atoms with E-state index in [0.29, 0.717) is 6.04 Å². The summed E-state index contributed by atoms with van der Waals surface area (Å²) in [4.78, 5) is 10.8. The number of benzene rings is 1. The second-order valence-corrected chi connectivity index (χ2v) is 9.43. The Balaban J connectivity index is 1.32. The molecule has 30 heavy (non-hydrogen) atoms. The molecule has 5 nitrogen and oxygen atoms in total. The zero-order valence-electron chi connectivity index (χ0n) is 19.1. The first-order valence-corrected chi connectivity index (χ1v) is 12.3. The summed E-state index contributed by atoms with van der Waals surface area (Å²) >= 11 is 0. The number of piperazine rings is 1. The van der Waals surface area contributed by atoms with Crippen molar-refractivity contribution in [1.82, 2.24) is 19.6 Å². The molecule has 1 aromatic carbocycles. The van der Waals surface area contributed by atoms with Gasteiger partial charge in [-0.3, -0.25) is 9.80 Å². The Morgan fingerprint density at radius 2 is 1.53 bits per heavy atom. The topological polar surface area (TPSA) is 22.2 Å². The summed E-state index contributed by atoms with van der Waals surface area (Å²) in [7, 11) is 1.80. The highest BCUT2D eigenvalue weighted by atomic mass is 16.5. The third-order valence-corrected chi connectivity index (χ3v) is 7.54. The summed E-state index contributed by atoms with van der Waals surface area (Å²) < 4.78 is 5.28. The summed E-state index contributed by atoms with van der Waals surface area (Å²) in [5.74, 6) is 0. The Morgan fingerprint density at radius 3 is 2.20 bits per heavy atom. The fourth-order valence-electron chi connectivity index (χ4n) is 5.62. The fourth-order valence-corrected chi connectivity index (χ4v) is 5.62. The van der Waals surface area contributed by atoms with Crippen molar-refractivity contribution in [1.29, 1.82) is 0 Å². The third-order valence-electron chi connectivity index (χ3n) is 7.54. The SMILES string of the molecule is COCCN1CCN(C(CN2CCC(N3CCCCC3)CC2)c2ccccc2)CC1. The van der Waals surface area contributed by atoms with Crippen LogP contribution >= 0.6 is 0 Å². The van der Waals surface area contributed by atoms with Gasteiger partial charge in [-0.15, -0.1) is 0 Å². The minimum absolute atomic E-state index is 0.516. The van der Waals surface area contributed by atoms with E-state index in [4.69, 9.17) is 4.74 Å². The van der Waals surface area contributed by atoms with E-state index in [1.165, 1.54) is 70.4 Å². The van der Waals surface area contributed by atoms with Crippen LogP contribution < -0.4 is 0 Å². The van der Waals surface area contributed by atoms with E-state index in [1.54, 1.807) is 7.11 Å². The molecule has 0 spiro atoms. The Labute approximate surface area is 184 Å². The number of nitrogens with zero attached hydrogens (tertiary/aromatic N) is 4. The van der Waals surface area contributed by atoms with Crippen LogP contribution in [0.1, 0.15) is 43.7 Å². The van der Waals surface area contributed by atoms with Crippen LogP contribution in [0.15, 0.2) is 30.3 Å². The van der Waals surface area contributed by atoms with E-state index < -0.39 is 0 Å². The molecule has 3 heterocycles. The molecule has 3 aliphatic rings. The number of ether oxygens (including phenoxy) is 1. The zero-order valence-corrected chi connectivity index (χ0v) is 19.1. The van der Waals surface area contributed by atoms with Gasteiger partial charge in [0.15, 0.2) is 0 Å². The summed E-state index contributed by atoms with van der Waals surface area (Å²) in [5, 5.41) is 0. The highest BCUT2D eigenvalue weighted by Crippen LogP contribution is 2.26. The molecule has 0 aromatic heterocycles. The molecule has 3 aliphatic heterocycles. The number of hydrogen-bond donors (Lipinski definition) is 0. The maximum Gasteiger partial charge on any atom is 0.0589 e. The zero-order chi connectivity index (χ0) is 20.6. The number of likely N-dealkylation sites (tertiary alicyclic amines) is 2. The maximum absolute atomic E-state index is 5.28. The van der Waals surface area contributed by atoms with Gasteiger partial charge in [0.1, 0.15) is 0 Å². The molecule has 5 heteroatoms. The maximum atomic E-state index is 5.28. The average Bonchev–Trinajstić information content (AvgIpc) is 2.83. The van der Waals surface area contributed by atoms with Crippen LogP contribution in [0.2, 0.25) is 0 Å². The normalized spacial score (nSPS) is 24.8. The van der Waals surface area contributed by atoms with Crippen molar-refractivity contribution < 1.29 is 4.74 Å². The largest absolute Gasteiger partial charge is 0.383 e. The first-order chi connectivity index (χ1) is 14.8. The molecule has 0 bridgehead atoms. The summed E-state index contributed by atoms with van der Waals surface area (Å²) in [5.41, 5.74) is 1.49. The van der Waals surface area contributed by atoms with Crippen molar-refractivity contribution in [3.8, 4) is 0 Å². The van der Waals surface area contributed by atoms with Crippen LogP contribution in [0.25, 0.3) is 0 Å². The molecule has 0 radical (unpaired) electrons. The second-order valence-electron chi connectivity index (χ2n) is 9.43. The fraction of sp³-hybridized carbons (Fsp3) is 0.760. The first-order valence-electron chi connectivity index (χ1n) is 12.3. The molecule has 1 unspecified atom stereocenters. The highest BCUT2D eigenvalue weighted by molar-refractivity contribution is 5.20. The van der Waals surface area contributed by atoms with Crippen LogP contribution in [0, 0.1) is 0 Å². The molecule has 0 aliphatic carbocycles. The van der Waals surface area contributed by atoms with Gasteiger partial charge in [-0.2, -0.15) is 0 Å².